The summed E-state index contributed by atoms with van der Waals surface area (Å²) in [5.41, 5.74) is -0.742. The zero-order valence-electron chi connectivity index (χ0n) is 27.9. The summed E-state index contributed by atoms with van der Waals surface area (Å²) in [6, 6.07) is 12.3. The Balaban J connectivity index is 1.43. The average Bonchev–Trinajstić information content (AvgIpc) is 3.72. The standard InChI is InChI=1S/C33H43N7O7S/c1-22-8-14-26(15-9-22)48(45,46)38-20-6-7-27(38)28-35-36-37-40(28)33(5,30(42)43)21-23-10-12-25(13-11-23)39(31(44)47-32(2,3)4)29(41)24-16-18-34-19-17-24/h8-15,24,27,34H,6-7,16-21H2,1-5H3,(H,42,43)/t27?,33-/m0/s1. The first-order chi connectivity index (χ1) is 22.6. The number of rotatable bonds is 9. The van der Waals surface area contributed by atoms with E-state index in [4.69, 9.17) is 4.74 Å². The van der Waals surface area contributed by atoms with E-state index in [1.165, 1.54) is 15.9 Å². The zero-order valence-corrected chi connectivity index (χ0v) is 28.7. The molecule has 5 rings (SSSR count). The molecule has 14 nitrogen and oxygen atoms in total. The lowest BCUT2D eigenvalue weighted by atomic mass is 9.92. The van der Waals surface area contributed by atoms with E-state index in [9.17, 15) is 27.9 Å². The van der Waals surface area contributed by atoms with Crippen molar-refractivity contribution in [2.45, 2.75) is 88.8 Å². The van der Waals surface area contributed by atoms with Crippen LogP contribution in [-0.2, 0) is 36.3 Å². The minimum absolute atomic E-state index is 0.0766. The van der Waals surface area contributed by atoms with Crippen LogP contribution in [-0.4, -0.2) is 81.2 Å². The van der Waals surface area contributed by atoms with Crippen molar-refractivity contribution < 1.29 is 32.6 Å². The van der Waals surface area contributed by atoms with Crippen LogP contribution in [0.15, 0.2) is 53.4 Å². The van der Waals surface area contributed by atoms with E-state index in [0.717, 1.165) is 10.5 Å². The summed E-state index contributed by atoms with van der Waals surface area (Å²) < 4.78 is 35.5. The van der Waals surface area contributed by atoms with Gasteiger partial charge in [0.05, 0.1) is 16.6 Å². The largest absolute Gasteiger partial charge is 0.479 e. The number of tetrazole rings is 1. The van der Waals surface area contributed by atoms with Gasteiger partial charge >= 0.3 is 12.1 Å². The SMILES string of the molecule is Cc1ccc(S(=O)(=O)N2CCCC2c2nnnn2[C@@](C)(Cc2ccc(N(C(=O)OC(C)(C)C)C(=O)C3CCNCC3)cc2)C(=O)O)cc1. The highest BCUT2D eigenvalue weighted by Crippen LogP contribution is 2.38. The highest BCUT2D eigenvalue weighted by Gasteiger charge is 2.45. The van der Waals surface area contributed by atoms with Crippen LogP contribution >= 0.6 is 0 Å². The third-order valence-electron chi connectivity index (χ3n) is 8.78. The fourth-order valence-electron chi connectivity index (χ4n) is 6.17. The summed E-state index contributed by atoms with van der Waals surface area (Å²) in [5, 5.41) is 25.7. The molecule has 2 aliphatic rings. The van der Waals surface area contributed by atoms with Gasteiger partial charge in [-0.15, -0.1) is 5.10 Å². The molecule has 2 fully saturated rings. The lowest BCUT2D eigenvalue weighted by Crippen LogP contribution is -2.46. The molecule has 0 saturated carbocycles. The highest BCUT2D eigenvalue weighted by atomic mass is 32.2. The number of aromatic nitrogens is 4. The van der Waals surface area contributed by atoms with Crippen molar-refractivity contribution in [1.82, 2.24) is 29.8 Å². The molecule has 3 heterocycles. The maximum absolute atomic E-state index is 13.7. The van der Waals surface area contributed by atoms with Crippen LogP contribution in [0.3, 0.4) is 0 Å². The Bertz CT molecular complexity index is 1750. The number of hydrogen-bond acceptors (Lipinski definition) is 10. The maximum Gasteiger partial charge on any atom is 0.421 e. The van der Waals surface area contributed by atoms with E-state index in [1.807, 2.05) is 6.92 Å². The normalized spacial score (nSPS) is 19.1. The van der Waals surface area contributed by atoms with E-state index >= 15 is 0 Å². The Morgan fingerprint density at radius 2 is 1.65 bits per heavy atom. The number of carbonyl (C=O) groups is 3. The molecule has 2 aromatic carbocycles. The number of piperidine rings is 1. The molecule has 0 radical (unpaired) electrons. The molecule has 1 unspecified atom stereocenters. The average molecular weight is 682 g/mol. The second-order valence-corrected chi connectivity index (χ2v) is 15.5. The topological polar surface area (TPSA) is 177 Å². The number of nitrogens with one attached hydrogen (secondary N) is 1. The van der Waals surface area contributed by atoms with Crippen LogP contribution in [0.1, 0.15) is 76.4 Å². The summed E-state index contributed by atoms with van der Waals surface area (Å²) in [7, 11) is -3.92. The molecule has 0 bridgehead atoms. The monoisotopic (exact) mass is 681 g/mol. The van der Waals surface area contributed by atoms with Gasteiger partial charge in [0, 0.05) is 18.9 Å². The Morgan fingerprint density at radius 1 is 1.00 bits per heavy atom. The summed E-state index contributed by atoms with van der Waals surface area (Å²) in [5.74, 6) is -1.79. The lowest BCUT2D eigenvalue weighted by molar-refractivity contribution is -0.147. The Morgan fingerprint density at radius 3 is 2.25 bits per heavy atom. The molecular formula is C33H43N7O7S. The zero-order chi connectivity index (χ0) is 34.9. The quantitative estimate of drug-likeness (QED) is 0.336. The number of anilines is 1. The number of aliphatic carboxylic acids is 1. The molecule has 2 aliphatic heterocycles. The van der Waals surface area contributed by atoms with Gasteiger partial charge in [-0.1, -0.05) is 29.8 Å². The number of carboxylic acid groups (broad SMARTS) is 1. The maximum atomic E-state index is 13.7. The number of imide groups is 1. The Hall–Kier alpha value is -4.21. The number of sulfonamides is 1. The van der Waals surface area contributed by atoms with Gasteiger partial charge in [0.2, 0.25) is 15.9 Å². The first-order valence-electron chi connectivity index (χ1n) is 16.1. The Labute approximate surface area is 280 Å². The van der Waals surface area contributed by atoms with Gasteiger partial charge in [0.25, 0.3) is 0 Å². The van der Waals surface area contributed by atoms with Gasteiger partial charge in [-0.25, -0.2) is 27.6 Å². The first-order valence-corrected chi connectivity index (χ1v) is 17.5. The van der Waals surface area contributed by atoms with Crippen molar-refractivity contribution in [3.8, 4) is 0 Å². The fraction of sp³-hybridized carbons (Fsp3) is 0.515. The van der Waals surface area contributed by atoms with Crippen molar-refractivity contribution in [2.75, 3.05) is 24.5 Å². The number of aryl methyl sites for hydroxylation is 1. The Kier molecular flexibility index (Phi) is 10.0. The number of ether oxygens (including phenoxy) is 1. The van der Waals surface area contributed by atoms with E-state index in [0.29, 0.717) is 50.0 Å². The number of nitrogens with zero attached hydrogens (tertiary/aromatic N) is 6. The second kappa shape index (κ2) is 13.7. The molecule has 2 amide bonds. The minimum atomic E-state index is -3.92. The van der Waals surface area contributed by atoms with Crippen LogP contribution in [0.4, 0.5) is 10.5 Å². The third-order valence-corrected chi connectivity index (χ3v) is 10.7. The number of amides is 2. The van der Waals surface area contributed by atoms with Gasteiger partial charge in [-0.3, -0.25) is 4.79 Å². The van der Waals surface area contributed by atoms with Crippen molar-refractivity contribution >= 4 is 33.7 Å². The number of hydrogen-bond donors (Lipinski definition) is 2. The molecule has 2 atom stereocenters. The van der Waals surface area contributed by atoms with Gasteiger partial charge < -0.3 is 15.2 Å². The van der Waals surface area contributed by atoms with Gasteiger partial charge in [-0.2, -0.15) is 4.31 Å². The predicted octanol–water partition coefficient (Wildman–Crippen LogP) is 3.82. The van der Waals surface area contributed by atoms with Crippen LogP contribution in [0.2, 0.25) is 0 Å². The molecule has 0 aliphatic carbocycles. The molecule has 0 spiro atoms. The van der Waals surface area contributed by atoms with E-state index in [-0.39, 0.29) is 35.5 Å². The second-order valence-electron chi connectivity index (χ2n) is 13.6. The molecule has 1 aromatic heterocycles. The predicted molar refractivity (Wildman–Crippen MR) is 176 cm³/mol. The van der Waals surface area contributed by atoms with E-state index < -0.39 is 39.3 Å². The van der Waals surface area contributed by atoms with Crippen LogP contribution in [0, 0.1) is 12.8 Å². The fourth-order valence-corrected chi connectivity index (χ4v) is 7.82. The third kappa shape index (κ3) is 7.27. The first kappa shape index (κ1) is 35.1. The molecular weight excluding hydrogens is 638 g/mol. The molecule has 2 saturated heterocycles. The summed E-state index contributed by atoms with van der Waals surface area (Å²) >= 11 is 0. The van der Waals surface area contributed by atoms with Gasteiger partial charge in [0.1, 0.15) is 5.60 Å². The number of carboxylic acids is 1. The highest BCUT2D eigenvalue weighted by molar-refractivity contribution is 7.89. The minimum Gasteiger partial charge on any atom is -0.479 e. The van der Waals surface area contributed by atoms with Crippen LogP contribution in [0.5, 0.6) is 0 Å². The number of carbonyl (C=O) groups excluding carboxylic acids is 2. The molecule has 48 heavy (non-hydrogen) atoms. The van der Waals surface area contributed by atoms with Crippen molar-refractivity contribution in [3.05, 3.63) is 65.5 Å². The smallest absolute Gasteiger partial charge is 0.421 e. The van der Waals surface area contributed by atoms with Crippen molar-refractivity contribution in [3.63, 3.8) is 0 Å². The molecule has 3 aromatic rings. The summed E-state index contributed by atoms with van der Waals surface area (Å²) in [6.45, 7) is 10.1. The van der Waals surface area contributed by atoms with E-state index in [1.54, 1.807) is 69.3 Å². The van der Waals surface area contributed by atoms with Gasteiger partial charge in [0.15, 0.2) is 11.4 Å². The molecule has 2 N–H and O–H groups in total. The summed E-state index contributed by atoms with van der Waals surface area (Å²) in [6.07, 6.45) is 1.29. The molecule has 15 heteroatoms. The van der Waals surface area contributed by atoms with Crippen molar-refractivity contribution in [1.29, 1.82) is 0 Å². The van der Waals surface area contributed by atoms with Gasteiger partial charge in [-0.05, 0) is 114 Å². The van der Waals surface area contributed by atoms with Crippen molar-refractivity contribution in [2.24, 2.45) is 5.92 Å². The van der Waals surface area contributed by atoms with Crippen LogP contribution < -0.4 is 10.2 Å². The van der Waals surface area contributed by atoms with Crippen LogP contribution in [0.25, 0.3) is 0 Å². The lowest BCUT2D eigenvalue weighted by Gasteiger charge is -2.31. The van der Waals surface area contributed by atoms with E-state index in [2.05, 4.69) is 20.8 Å². The summed E-state index contributed by atoms with van der Waals surface area (Å²) in [4.78, 5) is 41.0. The molecule has 258 valence electrons. The number of benzene rings is 2.